The molecule has 0 aromatic heterocycles. The van der Waals surface area contributed by atoms with Crippen molar-refractivity contribution in [2.24, 2.45) is 5.10 Å². The minimum absolute atomic E-state index is 0.710. The molecular formula is C17H20ClN3. The molecule has 2 rings (SSSR count). The van der Waals surface area contributed by atoms with Crippen molar-refractivity contribution in [3.63, 3.8) is 0 Å². The first-order chi connectivity index (χ1) is 10.2. The molecule has 0 aliphatic rings. The molecule has 0 bridgehead atoms. The van der Waals surface area contributed by atoms with Crippen LogP contribution in [0.25, 0.3) is 0 Å². The van der Waals surface area contributed by atoms with E-state index in [0.717, 1.165) is 29.2 Å². The minimum atomic E-state index is 0.710. The van der Waals surface area contributed by atoms with Crippen molar-refractivity contribution in [1.29, 1.82) is 0 Å². The Labute approximate surface area is 131 Å². The zero-order valence-corrected chi connectivity index (χ0v) is 13.4. The normalized spacial score (nSPS) is 11.3. The minimum Gasteiger partial charge on any atom is -0.388 e. The monoisotopic (exact) mass is 301 g/mol. The summed E-state index contributed by atoms with van der Waals surface area (Å²) < 4.78 is 0. The second kappa shape index (κ2) is 7.14. The molecule has 0 aliphatic heterocycles. The Morgan fingerprint density at radius 2 is 1.90 bits per heavy atom. The zero-order chi connectivity index (χ0) is 15.2. The molecule has 2 aromatic rings. The van der Waals surface area contributed by atoms with Gasteiger partial charge in [-0.3, -0.25) is 5.01 Å². The molecule has 0 radical (unpaired) electrons. The number of benzene rings is 2. The molecule has 21 heavy (non-hydrogen) atoms. The number of halogens is 1. The van der Waals surface area contributed by atoms with E-state index in [2.05, 4.69) is 24.4 Å². The predicted molar refractivity (Wildman–Crippen MR) is 92.7 cm³/mol. The summed E-state index contributed by atoms with van der Waals surface area (Å²) in [7, 11) is 1.90. The molecule has 0 saturated heterocycles. The van der Waals surface area contributed by atoms with Gasteiger partial charge in [0.05, 0.1) is 11.4 Å². The van der Waals surface area contributed by atoms with E-state index in [1.807, 2.05) is 55.4 Å². The highest BCUT2D eigenvalue weighted by atomic mass is 35.5. The highest BCUT2D eigenvalue weighted by Gasteiger charge is 2.08. The van der Waals surface area contributed by atoms with Crippen molar-refractivity contribution in [2.75, 3.05) is 23.9 Å². The molecule has 0 fully saturated rings. The van der Waals surface area contributed by atoms with Crippen LogP contribution in [0.4, 0.5) is 11.4 Å². The Hall–Kier alpha value is -2.00. The SMILES string of the molecule is CCN(/N=C(\C)c1cc(Cl)ccc1NC)c1ccccc1. The standard InChI is InChI=1S/C17H20ClN3/c1-4-21(15-8-6-5-7-9-15)20-13(2)16-12-14(18)10-11-17(16)19-3/h5-12,19H,4H2,1-3H3/b20-13+. The largest absolute Gasteiger partial charge is 0.388 e. The zero-order valence-electron chi connectivity index (χ0n) is 12.6. The number of anilines is 2. The fourth-order valence-electron chi connectivity index (χ4n) is 2.18. The van der Waals surface area contributed by atoms with Crippen LogP contribution < -0.4 is 10.3 Å². The lowest BCUT2D eigenvalue weighted by Crippen LogP contribution is -2.18. The quantitative estimate of drug-likeness (QED) is 0.644. The van der Waals surface area contributed by atoms with E-state index >= 15 is 0 Å². The number of hydrazone groups is 1. The maximum atomic E-state index is 6.11. The maximum Gasteiger partial charge on any atom is 0.0672 e. The molecule has 0 aliphatic carbocycles. The topological polar surface area (TPSA) is 27.6 Å². The first-order valence-corrected chi connectivity index (χ1v) is 7.39. The lowest BCUT2D eigenvalue weighted by molar-refractivity contribution is 0.892. The third kappa shape index (κ3) is 3.76. The second-order valence-corrected chi connectivity index (χ2v) is 5.11. The van der Waals surface area contributed by atoms with Crippen molar-refractivity contribution in [1.82, 2.24) is 0 Å². The van der Waals surface area contributed by atoms with Gasteiger partial charge in [-0.15, -0.1) is 0 Å². The summed E-state index contributed by atoms with van der Waals surface area (Å²) in [5.74, 6) is 0. The molecule has 2 aromatic carbocycles. The third-order valence-corrected chi connectivity index (χ3v) is 3.50. The number of para-hydroxylation sites is 1. The summed E-state index contributed by atoms with van der Waals surface area (Å²) in [6.45, 7) is 4.88. The third-order valence-electron chi connectivity index (χ3n) is 3.27. The molecule has 0 unspecified atom stereocenters. The number of rotatable bonds is 5. The Kier molecular flexibility index (Phi) is 5.23. The summed E-state index contributed by atoms with van der Waals surface area (Å²) in [6, 6.07) is 15.9. The smallest absolute Gasteiger partial charge is 0.0672 e. The first-order valence-electron chi connectivity index (χ1n) is 7.01. The Morgan fingerprint density at radius 3 is 2.52 bits per heavy atom. The van der Waals surface area contributed by atoms with Gasteiger partial charge in [-0.2, -0.15) is 5.10 Å². The van der Waals surface area contributed by atoms with E-state index in [1.165, 1.54) is 0 Å². The fraction of sp³-hybridized carbons (Fsp3) is 0.235. The molecule has 1 N–H and O–H groups in total. The van der Waals surface area contributed by atoms with Crippen LogP contribution in [0.3, 0.4) is 0 Å². The van der Waals surface area contributed by atoms with Crippen molar-refractivity contribution in [2.45, 2.75) is 13.8 Å². The van der Waals surface area contributed by atoms with Crippen LogP contribution >= 0.6 is 11.6 Å². The van der Waals surface area contributed by atoms with Gasteiger partial charge in [0, 0.05) is 29.9 Å². The second-order valence-electron chi connectivity index (χ2n) is 4.68. The van der Waals surface area contributed by atoms with Gasteiger partial charge in [-0.05, 0) is 44.2 Å². The maximum absolute atomic E-state index is 6.11. The average molecular weight is 302 g/mol. The van der Waals surface area contributed by atoms with E-state index < -0.39 is 0 Å². The molecule has 0 spiro atoms. The van der Waals surface area contributed by atoms with Gasteiger partial charge in [-0.1, -0.05) is 29.8 Å². The highest BCUT2D eigenvalue weighted by molar-refractivity contribution is 6.31. The fourth-order valence-corrected chi connectivity index (χ4v) is 2.35. The summed E-state index contributed by atoms with van der Waals surface area (Å²) >= 11 is 6.11. The predicted octanol–water partition coefficient (Wildman–Crippen LogP) is 4.63. The van der Waals surface area contributed by atoms with Gasteiger partial charge in [-0.25, -0.2) is 0 Å². The van der Waals surface area contributed by atoms with Crippen LogP contribution in [0.15, 0.2) is 53.6 Å². The van der Waals surface area contributed by atoms with Crippen molar-refractivity contribution in [3.05, 3.63) is 59.1 Å². The Bertz CT molecular complexity index is 623. The Morgan fingerprint density at radius 1 is 1.19 bits per heavy atom. The van der Waals surface area contributed by atoms with Crippen LogP contribution in [0.5, 0.6) is 0 Å². The lowest BCUT2D eigenvalue weighted by Gasteiger charge is -2.19. The molecule has 0 atom stereocenters. The van der Waals surface area contributed by atoms with E-state index in [0.29, 0.717) is 5.02 Å². The molecule has 3 nitrogen and oxygen atoms in total. The van der Waals surface area contributed by atoms with Gasteiger partial charge in [0.2, 0.25) is 0 Å². The average Bonchev–Trinajstić information content (AvgIpc) is 2.53. The number of hydrogen-bond acceptors (Lipinski definition) is 3. The number of nitrogens with zero attached hydrogens (tertiary/aromatic N) is 2. The van der Waals surface area contributed by atoms with Gasteiger partial charge in [0.25, 0.3) is 0 Å². The van der Waals surface area contributed by atoms with Crippen LogP contribution in [0.1, 0.15) is 19.4 Å². The summed E-state index contributed by atoms with van der Waals surface area (Å²) in [4.78, 5) is 0. The summed E-state index contributed by atoms with van der Waals surface area (Å²) in [5.41, 5.74) is 4.03. The van der Waals surface area contributed by atoms with Crippen molar-refractivity contribution < 1.29 is 0 Å². The lowest BCUT2D eigenvalue weighted by atomic mass is 10.1. The number of nitrogens with one attached hydrogen (secondary N) is 1. The van der Waals surface area contributed by atoms with E-state index in [1.54, 1.807) is 0 Å². The molecule has 0 amide bonds. The summed E-state index contributed by atoms with van der Waals surface area (Å²) in [5, 5.41) is 10.6. The molecule has 110 valence electrons. The van der Waals surface area contributed by atoms with Gasteiger partial charge >= 0.3 is 0 Å². The molecule has 0 heterocycles. The number of hydrogen-bond donors (Lipinski definition) is 1. The first kappa shape index (κ1) is 15.4. The summed E-state index contributed by atoms with van der Waals surface area (Å²) in [6.07, 6.45) is 0. The van der Waals surface area contributed by atoms with Crippen LogP contribution in [0, 0.1) is 0 Å². The highest BCUT2D eigenvalue weighted by Crippen LogP contribution is 2.22. The van der Waals surface area contributed by atoms with E-state index in [4.69, 9.17) is 16.7 Å². The van der Waals surface area contributed by atoms with Crippen molar-refractivity contribution >= 4 is 28.7 Å². The molecular weight excluding hydrogens is 282 g/mol. The Balaban J connectivity index is 2.37. The van der Waals surface area contributed by atoms with Crippen LogP contribution in [0.2, 0.25) is 5.02 Å². The van der Waals surface area contributed by atoms with Gasteiger partial charge in [0.1, 0.15) is 0 Å². The van der Waals surface area contributed by atoms with E-state index in [9.17, 15) is 0 Å². The molecule has 4 heteroatoms. The van der Waals surface area contributed by atoms with Crippen molar-refractivity contribution in [3.8, 4) is 0 Å². The van der Waals surface area contributed by atoms with Crippen LogP contribution in [-0.4, -0.2) is 19.3 Å². The molecule has 0 saturated carbocycles. The van der Waals surface area contributed by atoms with E-state index in [-0.39, 0.29) is 0 Å². The van der Waals surface area contributed by atoms with Gasteiger partial charge < -0.3 is 5.32 Å². The van der Waals surface area contributed by atoms with Crippen LogP contribution in [-0.2, 0) is 0 Å². The van der Waals surface area contributed by atoms with Gasteiger partial charge in [0.15, 0.2) is 0 Å².